The Bertz CT molecular complexity index is 1060. The molecule has 1 aliphatic carbocycles. The Hall–Kier alpha value is -2.34. The number of aromatic nitrogens is 1. The van der Waals surface area contributed by atoms with E-state index in [0.717, 1.165) is 54.3 Å². The molecule has 0 spiro atoms. The summed E-state index contributed by atoms with van der Waals surface area (Å²) in [5.74, 6) is 0.266. The number of aromatic amines is 1. The molecule has 0 bridgehead atoms. The van der Waals surface area contributed by atoms with Gasteiger partial charge in [-0.05, 0) is 55.5 Å². The lowest BCUT2D eigenvalue weighted by molar-refractivity contribution is -0.120. The van der Waals surface area contributed by atoms with E-state index in [1.807, 2.05) is 30.5 Å². The first-order chi connectivity index (χ1) is 15.5. The van der Waals surface area contributed by atoms with E-state index in [1.54, 1.807) is 12.1 Å². The number of aliphatic hydroxyl groups is 1. The van der Waals surface area contributed by atoms with Crippen LogP contribution < -0.4 is 10.6 Å². The van der Waals surface area contributed by atoms with Gasteiger partial charge < -0.3 is 20.7 Å². The molecule has 1 fully saturated rings. The number of carbonyl (C=O) groups is 1. The van der Waals surface area contributed by atoms with Crippen molar-refractivity contribution in [2.75, 3.05) is 11.9 Å². The fourth-order valence-corrected chi connectivity index (χ4v) is 4.83. The van der Waals surface area contributed by atoms with E-state index in [-0.39, 0.29) is 17.9 Å². The van der Waals surface area contributed by atoms with Crippen LogP contribution >= 0.6 is 11.6 Å². The predicted molar refractivity (Wildman–Crippen MR) is 131 cm³/mol. The maximum atomic E-state index is 12.7. The number of hydrogen-bond donors (Lipinski definition) is 4. The topological polar surface area (TPSA) is 77.2 Å². The van der Waals surface area contributed by atoms with Crippen LogP contribution in [0.5, 0.6) is 0 Å². The van der Waals surface area contributed by atoms with Crippen LogP contribution in [0, 0.1) is 5.92 Å². The fourth-order valence-electron chi connectivity index (χ4n) is 4.63. The number of rotatable bonds is 8. The minimum atomic E-state index is -0.610. The van der Waals surface area contributed by atoms with Gasteiger partial charge in [0, 0.05) is 35.1 Å². The Labute approximate surface area is 194 Å². The van der Waals surface area contributed by atoms with E-state index in [2.05, 4.69) is 28.6 Å². The molecule has 0 radical (unpaired) electrons. The number of hydrogen-bond acceptors (Lipinski definition) is 3. The number of aliphatic hydroxyl groups excluding tert-OH is 1. The number of benzene rings is 2. The zero-order chi connectivity index (χ0) is 22.5. The normalized spacial score (nSPS) is 16.7. The van der Waals surface area contributed by atoms with Gasteiger partial charge in [0.1, 0.15) is 0 Å². The van der Waals surface area contributed by atoms with Crippen molar-refractivity contribution in [1.82, 2.24) is 10.3 Å². The van der Waals surface area contributed by atoms with Crippen LogP contribution in [0.15, 0.2) is 48.7 Å². The Morgan fingerprint density at radius 2 is 1.97 bits per heavy atom. The molecule has 2 atom stereocenters. The number of H-pyrrole nitrogens is 1. The van der Waals surface area contributed by atoms with Crippen LogP contribution in [-0.4, -0.2) is 28.6 Å². The van der Waals surface area contributed by atoms with Crippen molar-refractivity contribution < 1.29 is 9.90 Å². The molecule has 6 heteroatoms. The second-order valence-corrected chi connectivity index (χ2v) is 9.39. The number of anilines is 1. The van der Waals surface area contributed by atoms with Crippen LogP contribution in [0.1, 0.15) is 56.3 Å². The lowest BCUT2D eigenvalue weighted by Crippen LogP contribution is -2.32. The Morgan fingerprint density at radius 3 is 2.75 bits per heavy atom. The summed E-state index contributed by atoms with van der Waals surface area (Å²) < 4.78 is 0. The molecule has 1 heterocycles. The summed E-state index contributed by atoms with van der Waals surface area (Å²) >= 11 is 6.03. The first kappa shape index (κ1) is 22.8. The standard InChI is InChI=1S/C26H32ClN3O2/c1-17(28-16-24(31)19-9-5-10-21(27)14-19)13-20-15-29-25-22(20)11-6-12-23(25)30-26(32)18-7-3-2-4-8-18/h5-6,9-12,14-15,17-18,24,28-29,31H,2-4,7-8,13,16H2,1H3,(H,30,32)/t17-,24+/m1/s1. The molecule has 32 heavy (non-hydrogen) atoms. The average molecular weight is 454 g/mol. The van der Waals surface area contributed by atoms with Crippen molar-refractivity contribution in [3.63, 3.8) is 0 Å². The third-order valence-electron chi connectivity index (χ3n) is 6.45. The second kappa shape index (κ2) is 10.5. The van der Waals surface area contributed by atoms with Crippen molar-refractivity contribution in [3.05, 3.63) is 64.8 Å². The molecule has 1 aliphatic rings. The summed E-state index contributed by atoms with van der Waals surface area (Å²) in [4.78, 5) is 16.1. The first-order valence-corrected chi connectivity index (χ1v) is 12.0. The van der Waals surface area contributed by atoms with Gasteiger partial charge in [0.25, 0.3) is 0 Å². The maximum Gasteiger partial charge on any atom is 0.227 e. The molecule has 0 saturated heterocycles. The SMILES string of the molecule is C[C@H](Cc1c[nH]c2c(NC(=O)C3CCCCC3)cccc12)NC[C@H](O)c1cccc(Cl)c1. The highest BCUT2D eigenvalue weighted by Crippen LogP contribution is 2.29. The molecule has 5 nitrogen and oxygen atoms in total. The summed E-state index contributed by atoms with van der Waals surface area (Å²) in [5.41, 5.74) is 3.81. The minimum absolute atomic E-state index is 0.128. The smallest absolute Gasteiger partial charge is 0.227 e. The number of carbonyl (C=O) groups excluding carboxylic acids is 1. The molecular weight excluding hydrogens is 422 g/mol. The van der Waals surface area contributed by atoms with Crippen LogP contribution in [0.3, 0.4) is 0 Å². The molecule has 4 rings (SSSR count). The number of fused-ring (bicyclic) bond motifs is 1. The lowest BCUT2D eigenvalue weighted by Gasteiger charge is -2.21. The van der Waals surface area contributed by atoms with Crippen molar-refractivity contribution in [1.29, 1.82) is 0 Å². The average Bonchev–Trinajstić information content (AvgIpc) is 3.21. The Kier molecular flexibility index (Phi) is 7.51. The minimum Gasteiger partial charge on any atom is -0.387 e. The molecule has 1 aromatic heterocycles. The highest BCUT2D eigenvalue weighted by molar-refractivity contribution is 6.30. The van der Waals surface area contributed by atoms with Crippen LogP contribution in [0.4, 0.5) is 5.69 Å². The number of amides is 1. The Morgan fingerprint density at radius 1 is 1.19 bits per heavy atom. The van der Waals surface area contributed by atoms with E-state index >= 15 is 0 Å². The van der Waals surface area contributed by atoms with Gasteiger partial charge in [-0.1, -0.05) is 55.1 Å². The van der Waals surface area contributed by atoms with E-state index < -0.39 is 6.10 Å². The summed E-state index contributed by atoms with van der Waals surface area (Å²) in [7, 11) is 0. The number of halogens is 1. The van der Waals surface area contributed by atoms with Gasteiger partial charge in [-0.2, -0.15) is 0 Å². The predicted octanol–water partition coefficient (Wildman–Crippen LogP) is 5.59. The molecule has 3 aromatic rings. The summed E-state index contributed by atoms with van der Waals surface area (Å²) in [6, 6.07) is 13.5. The molecular formula is C26H32ClN3O2. The van der Waals surface area contributed by atoms with Crippen LogP contribution in [-0.2, 0) is 11.2 Å². The molecule has 170 valence electrons. The molecule has 0 unspecified atom stereocenters. The maximum absolute atomic E-state index is 12.7. The Balaban J connectivity index is 1.38. The highest BCUT2D eigenvalue weighted by Gasteiger charge is 2.22. The summed E-state index contributed by atoms with van der Waals surface area (Å²) in [6.45, 7) is 2.56. The third kappa shape index (κ3) is 5.52. The molecule has 0 aliphatic heterocycles. The van der Waals surface area contributed by atoms with Gasteiger partial charge in [0.05, 0.1) is 17.3 Å². The van der Waals surface area contributed by atoms with Crippen molar-refractivity contribution in [2.24, 2.45) is 5.92 Å². The second-order valence-electron chi connectivity index (χ2n) is 8.95. The van der Waals surface area contributed by atoms with Crippen molar-refractivity contribution >= 4 is 34.1 Å². The van der Waals surface area contributed by atoms with Crippen molar-refractivity contribution in [2.45, 2.75) is 57.6 Å². The van der Waals surface area contributed by atoms with Crippen LogP contribution in [0.2, 0.25) is 5.02 Å². The lowest BCUT2D eigenvalue weighted by atomic mass is 9.88. The highest BCUT2D eigenvalue weighted by atomic mass is 35.5. The van der Waals surface area contributed by atoms with E-state index in [9.17, 15) is 9.90 Å². The largest absolute Gasteiger partial charge is 0.387 e. The first-order valence-electron chi connectivity index (χ1n) is 11.6. The van der Waals surface area contributed by atoms with Gasteiger partial charge in [-0.25, -0.2) is 0 Å². The van der Waals surface area contributed by atoms with E-state index in [4.69, 9.17) is 11.6 Å². The zero-order valence-electron chi connectivity index (χ0n) is 18.5. The van der Waals surface area contributed by atoms with Gasteiger partial charge >= 0.3 is 0 Å². The summed E-state index contributed by atoms with van der Waals surface area (Å²) in [6.07, 6.45) is 7.72. The van der Waals surface area contributed by atoms with E-state index in [1.165, 1.54) is 12.0 Å². The molecule has 2 aromatic carbocycles. The number of para-hydroxylation sites is 1. The quantitative estimate of drug-likeness (QED) is 0.359. The van der Waals surface area contributed by atoms with Crippen molar-refractivity contribution in [3.8, 4) is 0 Å². The van der Waals surface area contributed by atoms with Gasteiger partial charge in [0.2, 0.25) is 5.91 Å². The van der Waals surface area contributed by atoms with E-state index in [0.29, 0.717) is 11.6 Å². The number of nitrogens with one attached hydrogen (secondary N) is 3. The third-order valence-corrected chi connectivity index (χ3v) is 6.69. The molecule has 1 saturated carbocycles. The monoisotopic (exact) mass is 453 g/mol. The summed E-state index contributed by atoms with van der Waals surface area (Å²) in [5, 5.41) is 18.8. The zero-order valence-corrected chi connectivity index (χ0v) is 19.3. The van der Waals surface area contributed by atoms with Gasteiger partial charge in [0.15, 0.2) is 0 Å². The molecule has 1 amide bonds. The van der Waals surface area contributed by atoms with Gasteiger partial charge in [-0.15, -0.1) is 0 Å². The van der Waals surface area contributed by atoms with Crippen LogP contribution in [0.25, 0.3) is 10.9 Å². The van der Waals surface area contributed by atoms with Gasteiger partial charge in [-0.3, -0.25) is 4.79 Å². The fraction of sp³-hybridized carbons (Fsp3) is 0.423. The molecule has 4 N–H and O–H groups in total.